The number of carbonyl (C=O) groups excluding carboxylic acids is 2. The molecule has 0 heterocycles. The molecule has 7 heteroatoms. The number of halogens is 2. The van der Waals surface area contributed by atoms with Gasteiger partial charge in [0.1, 0.15) is 11.6 Å². The van der Waals surface area contributed by atoms with E-state index in [0.29, 0.717) is 17.3 Å². The zero-order valence-electron chi connectivity index (χ0n) is 12.5. The summed E-state index contributed by atoms with van der Waals surface area (Å²) in [7, 11) is 0. The molecule has 0 aromatic heterocycles. The Morgan fingerprint density at radius 3 is 2.25 bits per heavy atom. The monoisotopic (exact) mass is 330 g/mol. The highest BCUT2D eigenvalue weighted by Gasteiger charge is 2.20. The molecule has 1 N–H and O–H groups in total. The molecular formula is C17H12F2N2O3. The zero-order valence-corrected chi connectivity index (χ0v) is 12.5. The minimum Gasteiger partial charge on any atom is -0.449 e. The highest BCUT2D eigenvalue weighted by Crippen LogP contribution is 2.12. The third-order valence-corrected chi connectivity index (χ3v) is 3.03. The lowest BCUT2D eigenvalue weighted by molar-refractivity contribution is -0.123. The van der Waals surface area contributed by atoms with Crippen molar-refractivity contribution in [1.82, 2.24) is 0 Å². The molecule has 2 aromatic rings. The third kappa shape index (κ3) is 4.36. The van der Waals surface area contributed by atoms with Gasteiger partial charge in [0.25, 0.3) is 5.91 Å². The molecule has 24 heavy (non-hydrogen) atoms. The first-order chi connectivity index (χ1) is 11.4. The Morgan fingerprint density at radius 2 is 1.71 bits per heavy atom. The lowest BCUT2D eigenvalue weighted by Crippen LogP contribution is -2.30. The number of anilines is 1. The van der Waals surface area contributed by atoms with Gasteiger partial charge in [-0.05, 0) is 43.3 Å². The number of hydrogen-bond donors (Lipinski definition) is 1. The van der Waals surface area contributed by atoms with E-state index in [1.807, 2.05) is 6.07 Å². The average molecular weight is 330 g/mol. The van der Waals surface area contributed by atoms with Crippen molar-refractivity contribution in [2.75, 3.05) is 5.32 Å². The predicted molar refractivity (Wildman–Crippen MR) is 81.0 cm³/mol. The van der Waals surface area contributed by atoms with Crippen molar-refractivity contribution in [3.05, 3.63) is 65.2 Å². The van der Waals surface area contributed by atoms with Crippen LogP contribution in [0.15, 0.2) is 42.5 Å². The molecule has 0 saturated heterocycles. The van der Waals surface area contributed by atoms with Gasteiger partial charge >= 0.3 is 5.97 Å². The van der Waals surface area contributed by atoms with Crippen LogP contribution in [0.4, 0.5) is 14.5 Å². The standard InChI is InChI=1S/C17H12F2N2O3/c1-10(16(22)21-15-4-2-11(9-20)3-5-15)24-17(23)12-6-13(18)8-14(19)7-12/h2-8,10H,1H3,(H,21,22)/t10-/m1/s1. The van der Waals surface area contributed by atoms with Crippen molar-refractivity contribution in [3.8, 4) is 6.07 Å². The van der Waals surface area contributed by atoms with Gasteiger partial charge in [-0.25, -0.2) is 13.6 Å². The Balaban J connectivity index is 2.00. The smallest absolute Gasteiger partial charge is 0.339 e. The molecule has 0 aliphatic heterocycles. The molecule has 0 fully saturated rings. The predicted octanol–water partition coefficient (Wildman–Crippen LogP) is 3.02. The third-order valence-electron chi connectivity index (χ3n) is 3.03. The van der Waals surface area contributed by atoms with Crippen molar-refractivity contribution < 1.29 is 23.1 Å². The summed E-state index contributed by atoms with van der Waals surface area (Å²) in [6.45, 7) is 1.33. The van der Waals surface area contributed by atoms with E-state index in [1.165, 1.54) is 31.2 Å². The summed E-state index contributed by atoms with van der Waals surface area (Å²) in [5.41, 5.74) is 0.518. The van der Waals surface area contributed by atoms with Gasteiger partial charge in [-0.15, -0.1) is 0 Å². The molecule has 5 nitrogen and oxygen atoms in total. The first-order valence-corrected chi connectivity index (χ1v) is 6.87. The van der Waals surface area contributed by atoms with E-state index >= 15 is 0 Å². The summed E-state index contributed by atoms with van der Waals surface area (Å²) in [6, 6.07) is 10.3. The fourth-order valence-electron chi connectivity index (χ4n) is 1.83. The van der Waals surface area contributed by atoms with Gasteiger partial charge in [-0.3, -0.25) is 4.79 Å². The van der Waals surface area contributed by atoms with Crippen LogP contribution in [-0.2, 0) is 9.53 Å². The quantitative estimate of drug-likeness (QED) is 0.874. The van der Waals surface area contributed by atoms with Gasteiger partial charge in [-0.1, -0.05) is 0 Å². The number of nitrogens with zero attached hydrogens (tertiary/aromatic N) is 1. The summed E-state index contributed by atoms with van der Waals surface area (Å²) in [5, 5.41) is 11.2. The first-order valence-electron chi connectivity index (χ1n) is 6.87. The summed E-state index contributed by atoms with van der Waals surface area (Å²) in [6.07, 6.45) is -1.18. The summed E-state index contributed by atoms with van der Waals surface area (Å²) in [5.74, 6) is -3.48. The number of esters is 1. The van der Waals surface area contributed by atoms with E-state index in [2.05, 4.69) is 5.32 Å². The Hall–Kier alpha value is -3.27. The van der Waals surface area contributed by atoms with Gasteiger partial charge in [0, 0.05) is 11.8 Å². The Labute approximate surface area is 136 Å². The van der Waals surface area contributed by atoms with Gasteiger partial charge in [0.15, 0.2) is 6.10 Å². The Morgan fingerprint density at radius 1 is 1.12 bits per heavy atom. The number of nitriles is 1. The van der Waals surface area contributed by atoms with Crippen LogP contribution in [0.2, 0.25) is 0 Å². The van der Waals surface area contributed by atoms with E-state index < -0.39 is 29.6 Å². The molecule has 1 amide bonds. The van der Waals surface area contributed by atoms with Crippen molar-refractivity contribution in [3.63, 3.8) is 0 Å². The maximum absolute atomic E-state index is 13.1. The van der Waals surface area contributed by atoms with E-state index in [1.54, 1.807) is 0 Å². The van der Waals surface area contributed by atoms with Crippen LogP contribution in [-0.4, -0.2) is 18.0 Å². The number of hydrogen-bond acceptors (Lipinski definition) is 4. The van der Waals surface area contributed by atoms with Gasteiger partial charge in [0.05, 0.1) is 17.2 Å². The maximum Gasteiger partial charge on any atom is 0.339 e. The molecule has 2 rings (SSSR count). The van der Waals surface area contributed by atoms with Crippen molar-refractivity contribution >= 4 is 17.6 Å². The van der Waals surface area contributed by atoms with Crippen LogP contribution in [0.1, 0.15) is 22.8 Å². The summed E-state index contributed by atoms with van der Waals surface area (Å²) >= 11 is 0. The van der Waals surface area contributed by atoms with Gasteiger partial charge < -0.3 is 10.1 Å². The van der Waals surface area contributed by atoms with Crippen LogP contribution in [0.3, 0.4) is 0 Å². The van der Waals surface area contributed by atoms with Crippen LogP contribution < -0.4 is 5.32 Å². The van der Waals surface area contributed by atoms with E-state index in [0.717, 1.165) is 12.1 Å². The van der Waals surface area contributed by atoms with Crippen LogP contribution in [0.25, 0.3) is 0 Å². The van der Waals surface area contributed by atoms with E-state index in [-0.39, 0.29) is 5.56 Å². The second-order valence-electron chi connectivity index (χ2n) is 4.88. The molecule has 1 atom stereocenters. The maximum atomic E-state index is 13.1. The number of nitrogens with one attached hydrogen (secondary N) is 1. The summed E-state index contributed by atoms with van der Waals surface area (Å²) in [4.78, 5) is 23.8. The molecule has 0 saturated carbocycles. The molecule has 122 valence electrons. The highest BCUT2D eigenvalue weighted by molar-refractivity contribution is 5.97. The average Bonchev–Trinajstić information content (AvgIpc) is 2.54. The molecular weight excluding hydrogens is 318 g/mol. The molecule has 0 radical (unpaired) electrons. The fraction of sp³-hybridized carbons (Fsp3) is 0.118. The lowest BCUT2D eigenvalue weighted by Gasteiger charge is -2.13. The van der Waals surface area contributed by atoms with Crippen molar-refractivity contribution in [2.45, 2.75) is 13.0 Å². The van der Waals surface area contributed by atoms with Gasteiger partial charge in [-0.2, -0.15) is 5.26 Å². The number of carbonyl (C=O) groups is 2. The Bertz CT molecular complexity index is 793. The SMILES string of the molecule is C[C@@H](OC(=O)c1cc(F)cc(F)c1)C(=O)Nc1ccc(C#N)cc1. The second kappa shape index (κ2) is 7.33. The summed E-state index contributed by atoms with van der Waals surface area (Å²) < 4.78 is 31.1. The minimum absolute atomic E-state index is 0.328. The van der Waals surface area contributed by atoms with E-state index in [9.17, 15) is 18.4 Å². The molecule has 0 unspecified atom stereocenters. The number of rotatable bonds is 4. The number of amides is 1. The minimum atomic E-state index is -1.18. The van der Waals surface area contributed by atoms with Crippen LogP contribution in [0, 0.1) is 23.0 Å². The van der Waals surface area contributed by atoms with Crippen LogP contribution in [0.5, 0.6) is 0 Å². The number of benzene rings is 2. The molecule has 0 aliphatic rings. The number of ether oxygens (including phenoxy) is 1. The van der Waals surface area contributed by atoms with Crippen LogP contribution >= 0.6 is 0 Å². The first kappa shape index (κ1) is 17.1. The normalized spacial score (nSPS) is 11.2. The Kier molecular flexibility index (Phi) is 5.22. The molecule has 0 aliphatic carbocycles. The zero-order chi connectivity index (χ0) is 17.7. The fourth-order valence-corrected chi connectivity index (χ4v) is 1.83. The second-order valence-corrected chi connectivity index (χ2v) is 4.88. The van der Waals surface area contributed by atoms with Crippen molar-refractivity contribution in [1.29, 1.82) is 5.26 Å². The molecule has 0 bridgehead atoms. The topological polar surface area (TPSA) is 79.2 Å². The largest absolute Gasteiger partial charge is 0.449 e. The van der Waals surface area contributed by atoms with Gasteiger partial charge in [0.2, 0.25) is 0 Å². The van der Waals surface area contributed by atoms with Crippen molar-refractivity contribution in [2.24, 2.45) is 0 Å². The highest BCUT2D eigenvalue weighted by atomic mass is 19.1. The molecule has 0 spiro atoms. The lowest BCUT2D eigenvalue weighted by atomic mass is 10.2. The van der Waals surface area contributed by atoms with E-state index in [4.69, 9.17) is 10.00 Å². The molecule has 2 aromatic carbocycles.